The fourth-order valence-corrected chi connectivity index (χ4v) is 6.82. The van der Waals surface area contributed by atoms with E-state index >= 15 is 0 Å². The molecule has 1 atom stereocenters. The lowest BCUT2D eigenvalue weighted by molar-refractivity contribution is 0.449. The van der Waals surface area contributed by atoms with Crippen molar-refractivity contribution in [3.8, 4) is 11.5 Å². The van der Waals surface area contributed by atoms with E-state index in [-0.39, 0.29) is 5.56 Å². The molecule has 215 valence electrons. The molecule has 3 aromatic rings. The van der Waals surface area contributed by atoms with E-state index in [2.05, 4.69) is 43.6 Å². The highest BCUT2D eigenvalue weighted by atomic mass is 32.2. The minimum Gasteiger partial charge on any atom is -0.457 e. The van der Waals surface area contributed by atoms with Crippen LogP contribution in [0, 0.1) is 19.9 Å². The van der Waals surface area contributed by atoms with Gasteiger partial charge in [0.15, 0.2) is 0 Å². The lowest BCUT2D eigenvalue weighted by Gasteiger charge is -2.34. The van der Waals surface area contributed by atoms with Crippen LogP contribution in [0.4, 0.5) is 11.4 Å². The van der Waals surface area contributed by atoms with Crippen LogP contribution in [0.2, 0.25) is 0 Å². The number of hydrogen-bond donors (Lipinski definition) is 2. The van der Waals surface area contributed by atoms with Crippen LogP contribution in [0.3, 0.4) is 0 Å². The Morgan fingerprint density at radius 1 is 0.775 bits per heavy atom. The van der Waals surface area contributed by atoms with Gasteiger partial charge in [-0.3, -0.25) is 9.11 Å². The van der Waals surface area contributed by atoms with Crippen molar-refractivity contribution in [1.29, 1.82) is 0 Å². The Balaban J connectivity index is 2.08. The summed E-state index contributed by atoms with van der Waals surface area (Å²) >= 11 is 0. The van der Waals surface area contributed by atoms with Crippen LogP contribution in [0.25, 0.3) is 0 Å². The SMILES string of the molecule is CCN(CC)c1cc2c([c]c1C)C(c1ccc(S(=O)(=O)O)cc1S(=O)(=O)O)c1cc(C)c(N(CC)CC)cc1O2. The molecule has 0 aliphatic carbocycles. The highest BCUT2D eigenvalue weighted by Crippen LogP contribution is 2.51. The lowest BCUT2D eigenvalue weighted by Crippen LogP contribution is -2.24. The highest BCUT2D eigenvalue weighted by Gasteiger charge is 2.35. The summed E-state index contributed by atoms with van der Waals surface area (Å²) in [6.45, 7) is 15.2. The Kier molecular flexibility index (Phi) is 8.24. The van der Waals surface area contributed by atoms with Crippen LogP contribution >= 0.6 is 0 Å². The first-order valence-corrected chi connectivity index (χ1v) is 16.1. The zero-order valence-electron chi connectivity index (χ0n) is 23.5. The van der Waals surface area contributed by atoms with Gasteiger partial charge in [-0.2, -0.15) is 16.8 Å². The molecule has 1 heterocycles. The third-order valence-corrected chi connectivity index (χ3v) is 9.23. The van der Waals surface area contributed by atoms with Gasteiger partial charge in [-0.15, -0.1) is 0 Å². The summed E-state index contributed by atoms with van der Waals surface area (Å²) < 4.78 is 75.1. The fraction of sp³-hybridized carbons (Fsp3) is 0.379. The van der Waals surface area contributed by atoms with E-state index < -0.39 is 35.9 Å². The molecule has 11 heteroatoms. The summed E-state index contributed by atoms with van der Waals surface area (Å²) in [5, 5.41) is 0. The Hall–Kier alpha value is -3.12. The van der Waals surface area contributed by atoms with E-state index in [0.717, 1.165) is 60.8 Å². The summed E-state index contributed by atoms with van der Waals surface area (Å²) in [7, 11) is -9.63. The number of aryl methyl sites for hydroxylation is 2. The molecular formula is C29H35N2O7S2. The van der Waals surface area contributed by atoms with Crippen LogP contribution in [-0.4, -0.2) is 52.1 Å². The number of nitrogens with zero attached hydrogens (tertiary/aromatic N) is 2. The van der Waals surface area contributed by atoms with Crippen LogP contribution in [-0.2, 0) is 20.2 Å². The number of benzene rings is 3. The van der Waals surface area contributed by atoms with Gasteiger partial charge in [0.25, 0.3) is 20.2 Å². The second kappa shape index (κ2) is 11.0. The topological polar surface area (TPSA) is 124 Å². The molecule has 0 saturated carbocycles. The maximum atomic E-state index is 12.6. The van der Waals surface area contributed by atoms with E-state index in [1.54, 1.807) is 0 Å². The van der Waals surface area contributed by atoms with Gasteiger partial charge in [0.05, 0.1) is 9.79 Å². The number of rotatable bonds is 9. The largest absolute Gasteiger partial charge is 0.457 e. The monoisotopic (exact) mass is 587 g/mol. The molecule has 3 aromatic carbocycles. The minimum absolute atomic E-state index is 0.141. The van der Waals surface area contributed by atoms with E-state index in [1.165, 1.54) is 6.07 Å². The maximum absolute atomic E-state index is 12.6. The molecule has 0 aromatic heterocycles. The molecule has 1 aliphatic heterocycles. The van der Waals surface area contributed by atoms with Crippen molar-refractivity contribution in [3.63, 3.8) is 0 Å². The van der Waals surface area contributed by atoms with E-state index in [9.17, 15) is 25.9 Å². The van der Waals surface area contributed by atoms with Crippen molar-refractivity contribution in [2.45, 2.75) is 57.3 Å². The second-order valence-corrected chi connectivity index (χ2v) is 12.6. The number of anilines is 2. The third kappa shape index (κ3) is 5.43. The van der Waals surface area contributed by atoms with Crippen molar-refractivity contribution in [1.82, 2.24) is 0 Å². The lowest BCUT2D eigenvalue weighted by atomic mass is 9.81. The molecule has 40 heavy (non-hydrogen) atoms. The summed E-state index contributed by atoms with van der Waals surface area (Å²) in [6.07, 6.45) is 0. The Morgan fingerprint density at radius 3 is 1.90 bits per heavy atom. The van der Waals surface area contributed by atoms with Gasteiger partial charge < -0.3 is 14.5 Å². The first kappa shape index (κ1) is 29.9. The molecular weight excluding hydrogens is 552 g/mol. The van der Waals surface area contributed by atoms with Gasteiger partial charge >= 0.3 is 0 Å². The van der Waals surface area contributed by atoms with Crippen molar-refractivity contribution < 1.29 is 30.7 Å². The molecule has 0 bridgehead atoms. The van der Waals surface area contributed by atoms with Gasteiger partial charge in [-0.25, -0.2) is 0 Å². The molecule has 0 amide bonds. The second-order valence-electron chi connectivity index (χ2n) is 9.76. The molecule has 2 N–H and O–H groups in total. The number of hydrogen-bond acceptors (Lipinski definition) is 7. The molecule has 0 fully saturated rings. The Morgan fingerprint density at radius 2 is 1.35 bits per heavy atom. The van der Waals surface area contributed by atoms with Crippen LogP contribution in [0.1, 0.15) is 61.4 Å². The molecule has 9 nitrogen and oxygen atoms in total. The van der Waals surface area contributed by atoms with Crippen molar-refractivity contribution in [3.05, 3.63) is 70.3 Å². The van der Waals surface area contributed by atoms with Gasteiger partial charge in [-0.1, -0.05) is 6.07 Å². The molecule has 1 aliphatic rings. The molecule has 0 spiro atoms. The van der Waals surface area contributed by atoms with E-state index in [4.69, 9.17) is 4.74 Å². The molecule has 1 unspecified atom stereocenters. The zero-order chi connectivity index (χ0) is 29.6. The molecule has 1 radical (unpaired) electrons. The number of ether oxygens (including phenoxy) is 1. The average Bonchev–Trinajstić information content (AvgIpc) is 2.88. The Labute approximate surface area is 236 Å². The summed E-state index contributed by atoms with van der Waals surface area (Å²) in [5.41, 5.74) is 5.03. The van der Waals surface area contributed by atoms with Crippen LogP contribution < -0.4 is 14.5 Å². The normalized spacial score (nSPS) is 13.4. The van der Waals surface area contributed by atoms with Crippen molar-refractivity contribution in [2.75, 3.05) is 36.0 Å². The highest BCUT2D eigenvalue weighted by molar-refractivity contribution is 7.86. The maximum Gasteiger partial charge on any atom is 0.294 e. The van der Waals surface area contributed by atoms with E-state index in [1.807, 2.05) is 32.0 Å². The smallest absolute Gasteiger partial charge is 0.294 e. The van der Waals surface area contributed by atoms with E-state index in [0.29, 0.717) is 22.6 Å². The summed E-state index contributed by atoms with van der Waals surface area (Å²) in [5.74, 6) is 0.243. The Bertz CT molecular complexity index is 1590. The quantitative estimate of drug-likeness (QED) is 0.242. The standard InChI is InChI=1S/C29H35N2O7S2/c1-7-30(8-2)24-16-26-22(13-18(24)5)29(21-12-11-20(39(32,33)34)15-28(21)40(35,36)37)23-14-19(6)25(17-27(23)38-26)31(9-3)10-4/h11-13,15-17,29H,7-10H2,1-6H3,(H,32,33,34)(H,35,36,37). The molecule has 0 saturated heterocycles. The van der Waals surface area contributed by atoms with Gasteiger partial charge in [0, 0.05) is 66.7 Å². The van der Waals surface area contributed by atoms with Crippen LogP contribution in [0.15, 0.2) is 46.2 Å². The first-order valence-electron chi connectivity index (χ1n) is 13.2. The van der Waals surface area contributed by atoms with Crippen molar-refractivity contribution in [2.24, 2.45) is 0 Å². The predicted molar refractivity (Wildman–Crippen MR) is 155 cm³/mol. The summed E-state index contributed by atoms with van der Waals surface area (Å²) in [6, 6.07) is 12.4. The molecule has 4 rings (SSSR count). The van der Waals surface area contributed by atoms with Gasteiger partial charge in [0.1, 0.15) is 11.5 Å². The van der Waals surface area contributed by atoms with Gasteiger partial charge in [0.2, 0.25) is 0 Å². The van der Waals surface area contributed by atoms with Gasteiger partial charge in [-0.05, 0) is 82.5 Å². The zero-order valence-corrected chi connectivity index (χ0v) is 25.1. The minimum atomic E-state index is -4.90. The predicted octanol–water partition coefficient (Wildman–Crippen LogP) is 5.58. The number of fused-ring (bicyclic) bond motifs is 2. The fourth-order valence-electron chi connectivity index (χ4n) is 5.48. The average molecular weight is 588 g/mol. The third-order valence-electron chi connectivity index (χ3n) is 7.47. The van der Waals surface area contributed by atoms with Crippen LogP contribution in [0.5, 0.6) is 11.5 Å². The van der Waals surface area contributed by atoms with Crippen molar-refractivity contribution >= 4 is 31.6 Å². The summed E-state index contributed by atoms with van der Waals surface area (Å²) in [4.78, 5) is 3.11. The first-order chi connectivity index (χ1) is 18.7.